The van der Waals surface area contributed by atoms with Crippen molar-refractivity contribution >= 4 is 11.7 Å². The highest BCUT2D eigenvalue weighted by molar-refractivity contribution is 6.05. The largest absolute Gasteiger partial charge is 0.311 e. The van der Waals surface area contributed by atoms with Crippen molar-refractivity contribution < 1.29 is 4.79 Å². The Morgan fingerprint density at radius 3 is 2.28 bits per heavy atom. The van der Waals surface area contributed by atoms with Gasteiger partial charge in [0.25, 0.3) is 5.91 Å². The monoisotopic (exact) mass is 244 g/mol. The van der Waals surface area contributed by atoms with Gasteiger partial charge in [0.2, 0.25) is 0 Å². The Bertz CT molecular complexity index is 473. The summed E-state index contributed by atoms with van der Waals surface area (Å²) in [5.41, 5.74) is 1.21. The minimum atomic E-state index is -0.367. The maximum Gasteiger partial charge on any atom is 0.256 e. The van der Waals surface area contributed by atoms with Crippen molar-refractivity contribution in [3.8, 4) is 0 Å². The average molecular weight is 244 g/mol. The smallest absolute Gasteiger partial charge is 0.256 e. The van der Waals surface area contributed by atoms with Gasteiger partial charge in [0.15, 0.2) is 0 Å². The molecule has 1 rings (SSSR count). The second-order valence-corrected chi connectivity index (χ2v) is 4.86. The van der Waals surface area contributed by atoms with Crippen LogP contribution in [0, 0.1) is 0 Å². The van der Waals surface area contributed by atoms with Crippen molar-refractivity contribution in [2.24, 2.45) is 4.99 Å². The van der Waals surface area contributed by atoms with Crippen molar-refractivity contribution in [1.29, 1.82) is 0 Å². The molecule has 3 heteroatoms. The van der Waals surface area contributed by atoms with Gasteiger partial charge in [0, 0.05) is 5.56 Å². The zero-order chi connectivity index (χ0) is 13.8. The summed E-state index contributed by atoms with van der Waals surface area (Å²) in [5.74, 6) is 0.450. The summed E-state index contributed by atoms with van der Waals surface area (Å²) < 4.78 is 0. The Hall–Kier alpha value is -1.90. The van der Waals surface area contributed by atoms with E-state index in [-0.39, 0.29) is 11.4 Å². The molecule has 0 unspecified atom stereocenters. The number of hydrogen-bond donors (Lipinski definition) is 1. The van der Waals surface area contributed by atoms with Crippen LogP contribution in [-0.2, 0) is 0 Å². The predicted octanol–water partition coefficient (Wildman–Crippen LogP) is 3.19. The molecular weight excluding hydrogens is 224 g/mol. The van der Waals surface area contributed by atoms with Gasteiger partial charge in [-0.2, -0.15) is 0 Å². The molecule has 0 saturated carbocycles. The molecule has 0 radical (unpaired) electrons. The Morgan fingerprint density at radius 1 is 1.22 bits per heavy atom. The Morgan fingerprint density at radius 2 is 1.78 bits per heavy atom. The highest BCUT2D eigenvalue weighted by atomic mass is 16.1. The van der Waals surface area contributed by atoms with Gasteiger partial charge in [0.05, 0.1) is 5.54 Å². The molecule has 0 aliphatic rings. The van der Waals surface area contributed by atoms with E-state index in [1.54, 1.807) is 19.1 Å². The van der Waals surface area contributed by atoms with E-state index < -0.39 is 0 Å². The molecule has 0 fully saturated rings. The number of hydrogen-bond acceptors (Lipinski definition) is 2. The Labute approximate surface area is 109 Å². The molecule has 0 aliphatic carbocycles. The first-order valence-electron chi connectivity index (χ1n) is 5.92. The quantitative estimate of drug-likeness (QED) is 0.495. The lowest BCUT2D eigenvalue weighted by Gasteiger charge is -2.21. The lowest BCUT2D eigenvalue weighted by atomic mass is 9.98. The van der Waals surface area contributed by atoms with Gasteiger partial charge in [-0.15, -0.1) is 0 Å². The summed E-state index contributed by atoms with van der Waals surface area (Å²) in [7, 11) is 0. The van der Waals surface area contributed by atoms with Crippen molar-refractivity contribution in [2.45, 2.75) is 33.2 Å². The first-order chi connectivity index (χ1) is 8.33. The fourth-order valence-electron chi connectivity index (χ4n) is 1.37. The van der Waals surface area contributed by atoms with Gasteiger partial charge in [-0.05, 0) is 39.8 Å². The molecule has 0 aliphatic heterocycles. The lowest BCUT2D eigenvalue weighted by Crippen LogP contribution is -2.31. The minimum absolute atomic E-state index is 0.144. The van der Waals surface area contributed by atoms with Gasteiger partial charge in [-0.25, -0.2) is 0 Å². The van der Waals surface area contributed by atoms with E-state index in [0.717, 1.165) is 5.57 Å². The Balaban J connectivity index is 2.77. The van der Waals surface area contributed by atoms with Gasteiger partial charge >= 0.3 is 0 Å². The Kier molecular flexibility index (Phi) is 4.43. The third kappa shape index (κ3) is 3.84. The SMILES string of the molecule is C=C(C)C(C)(C)N=C(C)NC(=O)c1ccccc1. The number of carbonyl (C=O) groups excluding carboxylic acids is 1. The molecule has 0 aromatic heterocycles. The molecule has 0 atom stereocenters. The van der Waals surface area contributed by atoms with Gasteiger partial charge in [0.1, 0.15) is 5.84 Å². The second kappa shape index (κ2) is 5.63. The van der Waals surface area contributed by atoms with Crippen molar-refractivity contribution in [2.75, 3.05) is 0 Å². The fraction of sp³-hybridized carbons (Fsp3) is 0.333. The summed E-state index contributed by atoms with van der Waals surface area (Å²) >= 11 is 0. The molecule has 0 bridgehead atoms. The second-order valence-electron chi connectivity index (χ2n) is 4.86. The molecular formula is C15H20N2O. The van der Waals surface area contributed by atoms with E-state index in [4.69, 9.17) is 0 Å². The van der Waals surface area contributed by atoms with Crippen LogP contribution in [0.5, 0.6) is 0 Å². The van der Waals surface area contributed by atoms with E-state index in [0.29, 0.717) is 11.4 Å². The van der Waals surface area contributed by atoms with E-state index in [1.807, 2.05) is 39.0 Å². The normalized spacial score (nSPS) is 12.1. The number of nitrogens with zero attached hydrogens (tertiary/aromatic N) is 1. The van der Waals surface area contributed by atoms with Crippen LogP contribution in [0.3, 0.4) is 0 Å². The van der Waals surface area contributed by atoms with Crippen LogP contribution in [0.25, 0.3) is 0 Å². The van der Waals surface area contributed by atoms with E-state index in [9.17, 15) is 4.79 Å². The predicted molar refractivity (Wildman–Crippen MR) is 75.9 cm³/mol. The number of benzene rings is 1. The summed E-state index contributed by atoms with van der Waals surface area (Å²) in [6.45, 7) is 11.5. The van der Waals surface area contributed by atoms with Crippen LogP contribution in [0.1, 0.15) is 38.1 Å². The number of aliphatic imine (C=N–C) groups is 1. The number of amidine groups is 1. The number of nitrogens with one attached hydrogen (secondary N) is 1. The summed E-state index contributed by atoms with van der Waals surface area (Å²) in [6, 6.07) is 9.08. The summed E-state index contributed by atoms with van der Waals surface area (Å²) in [5, 5.41) is 2.78. The first kappa shape index (κ1) is 14.2. The molecule has 3 nitrogen and oxygen atoms in total. The molecule has 1 aromatic rings. The lowest BCUT2D eigenvalue weighted by molar-refractivity contribution is 0.0976. The zero-order valence-electron chi connectivity index (χ0n) is 11.4. The first-order valence-corrected chi connectivity index (χ1v) is 5.92. The molecule has 0 spiro atoms. The minimum Gasteiger partial charge on any atom is -0.311 e. The van der Waals surface area contributed by atoms with Crippen LogP contribution in [0.15, 0.2) is 47.5 Å². The van der Waals surface area contributed by atoms with Crippen LogP contribution in [0.4, 0.5) is 0 Å². The molecule has 96 valence electrons. The summed E-state index contributed by atoms with van der Waals surface area (Å²) in [6.07, 6.45) is 0. The highest BCUT2D eigenvalue weighted by Gasteiger charge is 2.17. The third-order valence-electron chi connectivity index (χ3n) is 2.82. The zero-order valence-corrected chi connectivity index (χ0v) is 11.4. The number of amides is 1. The van der Waals surface area contributed by atoms with Crippen molar-refractivity contribution in [3.63, 3.8) is 0 Å². The average Bonchev–Trinajstić information content (AvgIpc) is 2.29. The fourth-order valence-corrected chi connectivity index (χ4v) is 1.37. The van der Waals surface area contributed by atoms with E-state index in [1.165, 1.54) is 0 Å². The van der Waals surface area contributed by atoms with Crippen LogP contribution < -0.4 is 5.32 Å². The highest BCUT2D eigenvalue weighted by Crippen LogP contribution is 2.18. The topological polar surface area (TPSA) is 41.5 Å². The molecule has 1 aromatic carbocycles. The third-order valence-corrected chi connectivity index (χ3v) is 2.82. The molecule has 0 heterocycles. The standard InChI is InChI=1S/C15H20N2O/c1-11(2)15(4,5)17-12(3)16-14(18)13-9-7-6-8-10-13/h6-10H,1H2,2-5H3,(H,16,17,18). The molecule has 1 amide bonds. The van der Waals surface area contributed by atoms with E-state index >= 15 is 0 Å². The number of rotatable bonds is 3. The van der Waals surface area contributed by atoms with Gasteiger partial charge in [-0.3, -0.25) is 9.79 Å². The van der Waals surface area contributed by atoms with Crippen molar-refractivity contribution in [3.05, 3.63) is 48.0 Å². The van der Waals surface area contributed by atoms with Crippen LogP contribution in [0.2, 0.25) is 0 Å². The molecule has 0 saturated heterocycles. The number of carbonyl (C=O) groups is 1. The summed E-state index contributed by atoms with van der Waals surface area (Å²) in [4.78, 5) is 16.4. The maximum atomic E-state index is 11.9. The van der Waals surface area contributed by atoms with Crippen molar-refractivity contribution in [1.82, 2.24) is 5.32 Å². The molecule has 1 N–H and O–H groups in total. The van der Waals surface area contributed by atoms with Crippen LogP contribution >= 0.6 is 0 Å². The maximum absolute atomic E-state index is 11.9. The van der Waals surface area contributed by atoms with E-state index in [2.05, 4.69) is 16.9 Å². The molecule has 18 heavy (non-hydrogen) atoms. The van der Waals surface area contributed by atoms with Crippen LogP contribution in [-0.4, -0.2) is 17.3 Å². The van der Waals surface area contributed by atoms with Gasteiger partial charge in [-0.1, -0.05) is 30.4 Å². The van der Waals surface area contributed by atoms with Gasteiger partial charge < -0.3 is 5.32 Å².